The summed E-state index contributed by atoms with van der Waals surface area (Å²) in [5.41, 5.74) is -0.482. The molecule has 2 heterocycles. The zero-order chi connectivity index (χ0) is 16.4. The second-order valence-electron chi connectivity index (χ2n) is 5.74. The summed E-state index contributed by atoms with van der Waals surface area (Å²) in [5, 5.41) is 3.10. The van der Waals surface area contributed by atoms with Gasteiger partial charge < -0.3 is 5.32 Å². The molecule has 2 atom stereocenters. The Balaban J connectivity index is 1.90. The summed E-state index contributed by atoms with van der Waals surface area (Å²) in [7, 11) is 0. The molecule has 3 rings (SSSR count). The number of alkyl halides is 3. The van der Waals surface area contributed by atoms with Crippen LogP contribution >= 0.6 is 0 Å². The quantitative estimate of drug-likeness (QED) is 0.898. The van der Waals surface area contributed by atoms with E-state index in [-0.39, 0.29) is 17.7 Å². The summed E-state index contributed by atoms with van der Waals surface area (Å²) in [4.78, 5) is 11.8. The molecule has 4 nitrogen and oxygen atoms in total. The minimum atomic E-state index is -4.51. The molecule has 1 aliphatic carbocycles. The Labute approximate surface area is 132 Å². The van der Waals surface area contributed by atoms with E-state index in [1.54, 1.807) is 18.3 Å². The van der Waals surface area contributed by atoms with E-state index in [0.29, 0.717) is 11.5 Å². The highest BCUT2D eigenvalue weighted by molar-refractivity contribution is 5.56. The molecule has 2 unspecified atom stereocenters. The maximum absolute atomic E-state index is 13.1. The molecule has 7 heteroatoms. The van der Waals surface area contributed by atoms with Gasteiger partial charge in [-0.15, -0.1) is 0 Å². The molecular weight excluding hydrogens is 305 g/mol. The second kappa shape index (κ2) is 6.14. The van der Waals surface area contributed by atoms with Gasteiger partial charge in [0.2, 0.25) is 0 Å². The van der Waals surface area contributed by atoms with Crippen molar-refractivity contribution in [1.29, 1.82) is 0 Å². The first-order chi connectivity index (χ1) is 11.0. The van der Waals surface area contributed by atoms with Gasteiger partial charge in [-0.2, -0.15) is 13.2 Å². The normalized spacial score (nSPS) is 20.3. The predicted molar refractivity (Wildman–Crippen MR) is 80.7 cm³/mol. The number of pyridine rings is 1. The second-order valence-corrected chi connectivity index (χ2v) is 5.74. The third kappa shape index (κ3) is 3.78. The minimum Gasteiger partial charge on any atom is -0.367 e. The van der Waals surface area contributed by atoms with Gasteiger partial charge in [0.15, 0.2) is 11.5 Å². The maximum Gasteiger partial charge on any atom is 0.433 e. The van der Waals surface area contributed by atoms with Crippen molar-refractivity contribution in [2.75, 3.05) is 5.32 Å². The van der Waals surface area contributed by atoms with Gasteiger partial charge in [-0.25, -0.2) is 9.97 Å². The molecule has 0 spiro atoms. The van der Waals surface area contributed by atoms with Crippen LogP contribution in [0.5, 0.6) is 0 Å². The average molecular weight is 322 g/mol. The van der Waals surface area contributed by atoms with E-state index in [0.717, 1.165) is 25.3 Å². The van der Waals surface area contributed by atoms with Crippen LogP contribution < -0.4 is 5.32 Å². The number of nitrogens with one attached hydrogen (secondary N) is 1. The van der Waals surface area contributed by atoms with E-state index >= 15 is 0 Å². The lowest BCUT2D eigenvalue weighted by Crippen LogP contribution is -2.13. The van der Waals surface area contributed by atoms with Crippen molar-refractivity contribution >= 4 is 5.82 Å². The number of nitrogens with zero attached hydrogens (tertiary/aromatic N) is 3. The van der Waals surface area contributed by atoms with Crippen molar-refractivity contribution in [2.45, 2.75) is 38.4 Å². The van der Waals surface area contributed by atoms with Crippen LogP contribution in [0, 0.1) is 5.92 Å². The van der Waals surface area contributed by atoms with E-state index < -0.39 is 11.9 Å². The molecular formula is C16H17F3N4. The first-order valence-electron chi connectivity index (χ1n) is 7.60. The molecule has 0 bridgehead atoms. The molecule has 1 fully saturated rings. The summed E-state index contributed by atoms with van der Waals surface area (Å²) in [5.74, 6) is 0.768. The van der Waals surface area contributed by atoms with Crippen LogP contribution in [0.3, 0.4) is 0 Å². The van der Waals surface area contributed by atoms with Crippen LogP contribution in [0.15, 0.2) is 30.6 Å². The molecule has 0 aliphatic heterocycles. The summed E-state index contributed by atoms with van der Waals surface area (Å²) in [6.07, 6.45) is 1.61. The van der Waals surface area contributed by atoms with Crippen LogP contribution in [0.1, 0.15) is 31.9 Å². The fraction of sp³-hybridized carbons (Fsp3) is 0.438. The zero-order valence-electron chi connectivity index (χ0n) is 12.6. The lowest BCUT2D eigenvalue weighted by Gasteiger charge is -2.12. The smallest absolute Gasteiger partial charge is 0.367 e. The molecule has 122 valence electrons. The van der Waals surface area contributed by atoms with Gasteiger partial charge in [-0.05, 0) is 30.9 Å². The number of anilines is 1. The molecule has 1 saturated carbocycles. The van der Waals surface area contributed by atoms with Gasteiger partial charge in [0.05, 0.1) is 0 Å². The van der Waals surface area contributed by atoms with Crippen LogP contribution in [-0.2, 0) is 6.18 Å². The van der Waals surface area contributed by atoms with E-state index in [2.05, 4.69) is 27.2 Å². The molecule has 1 N–H and O–H groups in total. The third-order valence-corrected chi connectivity index (χ3v) is 3.85. The first-order valence-corrected chi connectivity index (χ1v) is 7.60. The van der Waals surface area contributed by atoms with E-state index in [9.17, 15) is 13.2 Å². The van der Waals surface area contributed by atoms with Gasteiger partial charge in [0, 0.05) is 30.1 Å². The maximum atomic E-state index is 13.1. The molecule has 23 heavy (non-hydrogen) atoms. The highest BCUT2D eigenvalue weighted by Gasteiger charge is 2.38. The van der Waals surface area contributed by atoms with Crippen LogP contribution in [-0.4, -0.2) is 21.0 Å². The Morgan fingerprint density at radius 3 is 2.78 bits per heavy atom. The molecule has 0 amide bonds. The van der Waals surface area contributed by atoms with Crippen molar-refractivity contribution < 1.29 is 13.2 Å². The van der Waals surface area contributed by atoms with Crippen molar-refractivity contribution in [1.82, 2.24) is 15.0 Å². The standard InChI is InChI=1S/C16H17F3N4/c1-2-4-10-7-12(10)21-14-8-13(16(17,18)19)22-15(23-14)11-5-3-6-20-9-11/h3,5-6,8-10,12H,2,4,7H2,1H3,(H,21,22,23). The Bertz CT molecular complexity index is 673. The molecule has 1 aliphatic rings. The van der Waals surface area contributed by atoms with Gasteiger partial charge in [0.25, 0.3) is 0 Å². The van der Waals surface area contributed by atoms with E-state index in [4.69, 9.17) is 0 Å². The topological polar surface area (TPSA) is 50.7 Å². The SMILES string of the molecule is CCCC1CC1Nc1cc(C(F)(F)F)nc(-c2cccnc2)n1. The highest BCUT2D eigenvalue weighted by atomic mass is 19.4. The lowest BCUT2D eigenvalue weighted by molar-refractivity contribution is -0.141. The fourth-order valence-electron chi connectivity index (χ4n) is 2.59. The largest absolute Gasteiger partial charge is 0.433 e. The Morgan fingerprint density at radius 2 is 2.13 bits per heavy atom. The fourth-order valence-corrected chi connectivity index (χ4v) is 2.59. The predicted octanol–water partition coefficient (Wildman–Crippen LogP) is 4.16. The van der Waals surface area contributed by atoms with Gasteiger partial charge in [-0.3, -0.25) is 4.98 Å². The third-order valence-electron chi connectivity index (χ3n) is 3.85. The van der Waals surface area contributed by atoms with Gasteiger partial charge in [-0.1, -0.05) is 13.3 Å². The molecule has 0 saturated heterocycles. The number of hydrogen-bond acceptors (Lipinski definition) is 4. The first kappa shape index (κ1) is 15.7. The summed E-state index contributed by atoms with van der Waals surface area (Å²) in [6, 6.07) is 4.46. The van der Waals surface area contributed by atoms with Crippen molar-refractivity contribution in [3.8, 4) is 11.4 Å². The molecule has 2 aromatic heterocycles. The Hall–Kier alpha value is -2.18. The number of aromatic nitrogens is 3. The van der Waals surface area contributed by atoms with Crippen LogP contribution in [0.4, 0.5) is 19.0 Å². The minimum absolute atomic E-state index is 0.0307. The lowest BCUT2D eigenvalue weighted by atomic mass is 10.2. The van der Waals surface area contributed by atoms with Crippen molar-refractivity contribution in [2.24, 2.45) is 5.92 Å². The van der Waals surface area contributed by atoms with E-state index in [1.165, 1.54) is 6.20 Å². The van der Waals surface area contributed by atoms with Crippen LogP contribution in [0.2, 0.25) is 0 Å². The summed E-state index contributed by atoms with van der Waals surface area (Å²) < 4.78 is 39.2. The number of rotatable bonds is 5. The van der Waals surface area contributed by atoms with Gasteiger partial charge >= 0.3 is 6.18 Å². The molecule has 2 aromatic rings. The summed E-state index contributed by atoms with van der Waals surface area (Å²) in [6.45, 7) is 2.10. The van der Waals surface area contributed by atoms with Crippen molar-refractivity contribution in [3.05, 3.63) is 36.3 Å². The average Bonchev–Trinajstić information content (AvgIpc) is 3.25. The zero-order valence-corrected chi connectivity index (χ0v) is 12.6. The summed E-state index contributed by atoms with van der Waals surface area (Å²) >= 11 is 0. The van der Waals surface area contributed by atoms with E-state index in [1.807, 2.05) is 0 Å². The molecule has 0 aromatic carbocycles. The van der Waals surface area contributed by atoms with Gasteiger partial charge in [0.1, 0.15) is 5.82 Å². The Morgan fingerprint density at radius 1 is 1.30 bits per heavy atom. The van der Waals surface area contributed by atoms with Crippen LogP contribution in [0.25, 0.3) is 11.4 Å². The Kier molecular flexibility index (Phi) is 4.19. The monoisotopic (exact) mass is 322 g/mol. The van der Waals surface area contributed by atoms with Crippen molar-refractivity contribution in [3.63, 3.8) is 0 Å². The molecule has 0 radical (unpaired) electrons. The highest BCUT2D eigenvalue weighted by Crippen LogP contribution is 2.38. The number of halogens is 3. The number of hydrogen-bond donors (Lipinski definition) is 1.